The molecule has 0 bridgehead atoms. The Labute approximate surface area is 111 Å². The van der Waals surface area contributed by atoms with Crippen molar-refractivity contribution in [3.8, 4) is 0 Å². The molecule has 0 aromatic heterocycles. The van der Waals surface area contributed by atoms with Crippen molar-refractivity contribution < 1.29 is 19.3 Å². The highest BCUT2D eigenvalue weighted by molar-refractivity contribution is 5.92. The van der Waals surface area contributed by atoms with Gasteiger partial charge >= 0.3 is 0 Å². The quantitative estimate of drug-likeness (QED) is 0.858. The summed E-state index contributed by atoms with van der Waals surface area (Å²) >= 11 is 0. The van der Waals surface area contributed by atoms with Crippen molar-refractivity contribution >= 4 is 10.8 Å². The monoisotopic (exact) mass is 260 g/mol. The fraction of sp³-hybridized carbons (Fsp3) is 0.333. The molecule has 19 heavy (non-hydrogen) atoms. The summed E-state index contributed by atoms with van der Waals surface area (Å²) in [6.45, 7) is 0. The number of aliphatic hydroxyl groups is 1. The molecule has 3 rings (SSSR count). The molecule has 1 aliphatic carbocycles. The van der Waals surface area contributed by atoms with E-state index in [4.69, 9.17) is 14.2 Å². The lowest BCUT2D eigenvalue weighted by Crippen LogP contribution is -2.50. The van der Waals surface area contributed by atoms with E-state index in [2.05, 4.69) is 0 Å². The van der Waals surface area contributed by atoms with Crippen LogP contribution in [0, 0.1) is 0 Å². The van der Waals surface area contributed by atoms with Crippen LogP contribution in [0.25, 0.3) is 10.8 Å². The van der Waals surface area contributed by atoms with Gasteiger partial charge in [-0.1, -0.05) is 36.4 Å². The maximum atomic E-state index is 11.0. The molecule has 0 saturated heterocycles. The molecule has 1 N–H and O–H groups in total. The van der Waals surface area contributed by atoms with Crippen molar-refractivity contribution in [1.82, 2.24) is 0 Å². The molecule has 100 valence electrons. The summed E-state index contributed by atoms with van der Waals surface area (Å²) in [5.74, 6) is -3.02. The molecule has 4 nitrogen and oxygen atoms in total. The molecule has 2 aromatic rings. The van der Waals surface area contributed by atoms with Crippen LogP contribution >= 0.6 is 0 Å². The number of ether oxygens (including phenoxy) is 3. The first-order valence-electron chi connectivity index (χ1n) is 6.05. The molecule has 2 aromatic carbocycles. The lowest BCUT2D eigenvalue weighted by molar-refractivity contribution is -0.393. The Kier molecular flexibility index (Phi) is 2.66. The second kappa shape index (κ2) is 4.02. The van der Waals surface area contributed by atoms with E-state index in [9.17, 15) is 5.11 Å². The molecule has 0 fully saturated rings. The van der Waals surface area contributed by atoms with Crippen molar-refractivity contribution in [3.05, 3.63) is 47.5 Å². The third kappa shape index (κ3) is 1.27. The molecule has 4 heteroatoms. The Balaban J connectivity index is 2.47. The zero-order valence-corrected chi connectivity index (χ0v) is 11.1. The second-order valence-electron chi connectivity index (χ2n) is 4.58. The molecule has 0 amide bonds. The van der Waals surface area contributed by atoms with E-state index in [1.165, 1.54) is 21.3 Å². The topological polar surface area (TPSA) is 47.9 Å². The average Bonchev–Trinajstić information content (AvgIpc) is 2.69. The summed E-state index contributed by atoms with van der Waals surface area (Å²) < 4.78 is 16.4. The van der Waals surface area contributed by atoms with Crippen LogP contribution in [0.1, 0.15) is 11.1 Å². The number of benzene rings is 2. The highest BCUT2D eigenvalue weighted by atomic mass is 16.8. The Bertz CT molecular complexity index is 628. The fourth-order valence-corrected chi connectivity index (χ4v) is 3.08. The Morgan fingerprint density at radius 2 is 1.42 bits per heavy atom. The van der Waals surface area contributed by atoms with Gasteiger partial charge < -0.3 is 19.3 Å². The van der Waals surface area contributed by atoms with E-state index in [-0.39, 0.29) is 0 Å². The van der Waals surface area contributed by atoms with E-state index < -0.39 is 11.6 Å². The minimum absolute atomic E-state index is 0.659. The minimum atomic E-state index is -1.67. The maximum Gasteiger partial charge on any atom is 0.255 e. The maximum absolute atomic E-state index is 11.0. The van der Waals surface area contributed by atoms with Gasteiger partial charge in [-0.05, 0) is 10.8 Å². The van der Waals surface area contributed by atoms with Gasteiger partial charge in [-0.2, -0.15) is 0 Å². The highest BCUT2D eigenvalue weighted by Crippen LogP contribution is 2.54. The molecule has 1 unspecified atom stereocenters. The Morgan fingerprint density at radius 3 is 1.95 bits per heavy atom. The molecule has 0 spiro atoms. The van der Waals surface area contributed by atoms with Gasteiger partial charge in [0.15, 0.2) is 0 Å². The average molecular weight is 260 g/mol. The van der Waals surface area contributed by atoms with Crippen LogP contribution in [0.2, 0.25) is 0 Å². The summed E-state index contributed by atoms with van der Waals surface area (Å²) in [5, 5.41) is 12.9. The van der Waals surface area contributed by atoms with E-state index in [1.807, 2.05) is 36.4 Å². The van der Waals surface area contributed by atoms with Crippen molar-refractivity contribution in [2.45, 2.75) is 11.6 Å². The zero-order chi connectivity index (χ0) is 13.7. The van der Waals surface area contributed by atoms with Gasteiger partial charge in [-0.15, -0.1) is 0 Å². The van der Waals surface area contributed by atoms with Gasteiger partial charge in [-0.25, -0.2) is 0 Å². The lowest BCUT2D eigenvalue weighted by atomic mass is 10.0. The molecule has 0 heterocycles. The molecule has 0 aliphatic heterocycles. The number of methoxy groups -OCH3 is 3. The molecule has 1 aliphatic rings. The molecular weight excluding hydrogens is 244 g/mol. The first-order valence-corrected chi connectivity index (χ1v) is 6.05. The summed E-state index contributed by atoms with van der Waals surface area (Å²) in [6.07, 6.45) is 0. The van der Waals surface area contributed by atoms with Gasteiger partial charge in [0.1, 0.15) is 0 Å². The van der Waals surface area contributed by atoms with E-state index >= 15 is 0 Å². The molecule has 0 saturated carbocycles. The number of hydrogen-bond donors (Lipinski definition) is 1. The van der Waals surface area contributed by atoms with Crippen LogP contribution in [0.5, 0.6) is 0 Å². The molecular formula is C15H16O4. The van der Waals surface area contributed by atoms with E-state index in [1.54, 1.807) is 0 Å². The third-order valence-electron chi connectivity index (χ3n) is 3.94. The zero-order valence-electron chi connectivity index (χ0n) is 11.1. The van der Waals surface area contributed by atoms with Crippen molar-refractivity contribution in [1.29, 1.82) is 0 Å². The van der Waals surface area contributed by atoms with Crippen LogP contribution in [-0.4, -0.2) is 26.4 Å². The summed E-state index contributed by atoms with van der Waals surface area (Å²) in [4.78, 5) is 0. The van der Waals surface area contributed by atoms with Crippen LogP contribution in [-0.2, 0) is 25.8 Å². The number of hydrogen-bond acceptors (Lipinski definition) is 4. The van der Waals surface area contributed by atoms with Gasteiger partial charge in [0.05, 0.1) is 0 Å². The van der Waals surface area contributed by atoms with E-state index in [0.717, 1.165) is 16.3 Å². The summed E-state index contributed by atoms with van der Waals surface area (Å²) in [5.41, 5.74) is 1.43. The summed E-state index contributed by atoms with van der Waals surface area (Å²) in [6, 6.07) is 11.5. The lowest BCUT2D eigenvalue weighted by Gasteiger charge is -2.39. The first-order chi connectivity index (χ1) is 9.14. The van der Waals surface area contributed by atoms with Crippen molar-refractivity contribution in [3.63, 3.8) is 0 Å². The Morgan fingerprint density at radius 1 is 0.842 bits per heavy atom. The van der Waals surface area contributed by atoms with E-state index in [0.29, 0.717) is 5.56 Å². The standard InChI is InChI=1S/C15H16O4/c1-17-14(16)11-8-4-6-10-7-5-9-12(13(10)11)15(14,18-2)19-3/h4-9,16H,1-3H3. The van der Waals surface area contributed by atoms with Crippen LogP contribution < -0.4 is 0 Å². The van der Waals surface area contributed by atoms with Gasteiger partial charge in [0, 0.05) is 32.5 Å². The molecule has 1 atom stereocenters. The van der Waals surface area contributed by atoms with Crippen molar-refractivity contribution in [2.75, 3.05) is 21.3 Å². The highest BCUT2D eigenvalue weighted by Gasteiger charge is 2.61. The van der Waals surface area contributed by atoms with Gasteiger partial charge in [0.2, 0.25) is 0 Å². The predicted octanol–water partition coefficient (Wildman–Crippen LogP) is 2.09. The largest absolute Gasteiger partial charge is 0.357 e. The Hall–Kier alpha value is -1.46. The third-order valence-corrected chi connectivity index (χ3v) is 3.94. The van der Waals surface area contributed by atoms with Gasteiger partial charge in [0.25, 0.3) is 11.6 Å². The van der Waals surface area contributed by atoms with Crippen LogP contribution in [0.4, 0.5) is 0 Å². The fourth-order valence-electron chi connectivity index (χ4n) is 3.08. The van der Waals surface area contributed by atoms with Crippen LogP contribution in [0.3, 0.4) is 0 Å². The van der Waals surface area contributed by atoms with Gasteiger partial charge in [-0.3, -0.25) is 0 Å². The summed E-state index contributed by atoms with van der Waals surface area (Å²) in [7, 11) is 4.44. The first kappa shape index (κ1) is 12.6. The number of rotatable bonds is 3. The predicted molar refractivity (Wildman–Crippen MR) is 70.5 cm³/mol. The SMILES string of the molecule is COC1(O)c2cccc3cccc(c23)C1(OC)OC. The smallest absolute Gasteiger partial charge is 0.255 e. The minimum Gasteiger partial charge on any atom is -0.357 e. The van der Waals surface area contributed by atoms with Crippen molar-refractivity contribution in [2.24, 2.45) is 0 Å². The normalized spacial score (nSPS) is 24.0. The van der Waals surface area contributed by atoms with Crippen LogP contribution in [0.15, 0.2) is 36.4 Å². The second-order valence-corrected chi connectivity index (χ2v) is 4.58. The molecule has 0 radical (unpaired) electrons.